The molecule has 0 aliphatic carbocycles. The van der Waals surface area contributed by atoms with Gasteiger partial charge < -0.3 is 0 Å². The van der Waals surface area contributed by atoms with E-state index in [2.05, 4.69) is 0 Å². The molecule has 1 heteroatoms. The van der Waals surface area contributed by atoms with Crippen molar-refractivity contribution in [2.45, 2.75) is 26.4 Å². The van der Waals surface area contributed by atoms with E-state index >= 15 is 0 Å². The molecule has 0 spiro atoms. The Kier molecular flexibility index (Phi) is 0.946. The van der Waals surface area contributed by atoms with Gasteiger partial charge in [0.05, 0.1) is 0 Å². The Labute approximate surface area is 32.0 Å². The van der Waals surface area contributed by atoms with Gasteiger partial charge in [-0.05, 0) is 20.8 Å². The van der Waals surface area contributed by atoms with Crippen LogP contribution in [0.25, 0.3) is 0 Å². The van der Waals surface area contributed by atoms with Crippen LogP contribution in [-0.4, -0.2) is 5.67 Å². The van der Waals surface area contributed by atoms with Crippen LogP contribution >= 0.6 is 0 Å². The van der Waals surface area contributed by atoms with Crippen molar-refractivity contribution in [3.05, 3.63) is 0 Å². The summed E-state index contributed by atoms with van der Waals surface area (Å²) in [5, 5.41) is 0. The van der Waals surface area contributed by atoms with E-state index in [1.54, 1.807) is 0 Å². The minimum atomic E-state index is -1.00. The van der Waals surface area contributed by atoms with Crippen molar-refractivity contribution in [3.63, 3.8) is 0 Å². The minimum absolute atomic E-state index is 1.00. The molecule has 32 valence electrons. The van der Waals surface area contributed by atoms with E-state index in [1.165, 1.54) is 20.8 Å². The van der Waals surface area contributed by atoms with Crippen molar-refractivity contribution in [1.29, 1.82) is 0 Å². The lowest BCUT2D eigenvalue weighted by molar-refractivity contribution is 0.246. The molecule has 0 aromatic carbocycles. The summed E-state index contributed by atoms with van der Waals surface area (Å²) in [6.45, 7) is 4.56. The van der Waals surface area contributed by atoms with Gasteiger partial charge in [-0.15, -0.1) is 0 Å². The van der Waals surface area contributed by atoms with Crippen LogP contribution in [0.15, 0.2) is 0 Å². The first-order valence-electron chi connectivity index (χ1n) is 1.69. The zero-order valence-electron chi connectivity index (χ0n) is 3.88. The molecule has 0 unspecified atom stereocenters. The molecule has 0 N–H and O–H groups in total. The van der Waals surface area contributed by atoms with Gasteiger partial charge in [-0.25, -0.2) is 4.39 Å². The van der Waals surface area contributed by atoms with Crippen molar-refractivity contribution in [2.24, 2.45) is 0 Å². The maximum Gasteiger partial charge on any atom is 0.102 e. The first kappa shape index (κ1) is 4.93. The Hall–Kier alpha value is -0.0700. The van der Waals surface area contributed by atoms with Gasteiger partial charge in [-0.2, -0.15) is 0 Å². The Balaban J connectivity index is 3.02. The first-order valence-corrected chi connectivity index (χ1v) is 1.69. The van der Waals surface area contributed by atoms with Crippen LogP contribution in [0.3, 0.4) is 0 Å². The van der Waals surface area contributed by atoms with Gasteiger partial charge in [0, 0.05) is 0 Å². The van der Waals surface area contributed by atoms with Crippen molar-refractivity contribution in [1.82, 2.24) is 0 Å². The highest BCUT2D eigenvalue weighted by atomic mass is 19.1. The molecule has 0 aromatic rings. The quantitative estimate of drug-likeness (QED) is 0.412. The molecule has 0 atom stereocenters. The molecule has 0 saturated heterocycles. The number of alkyl halides is 1. The van der Waals surface area contributed by atoms with Crippen LogP contribution in [0.1, 0.15) is 20.8 Å². The average molecular weight is 76.1 g/mol. The Morgan fingerprint density at radius 1 is 1.20 bits per heavy atom. The van der Waals surface area contributed by atoms with Gasteiger partial charge in [0.2, 0.25) is 0 Å². The molecule has 0 rings (SSSR count). The zero-order valence-corrected chi connectivity index (χ0v) is 3.88. The third-order valence-corrected chi connectivity index (χ3v) is 0. The van der Waals surface area contributed by atoms with Crippen LogP contribution in [-0.2, 0) is 0 Å². The summed E-state index contributed by atoms with van der Waals surface area (Å²) < 4.78 is 11.7. The van der Waals surface area contributed by atoms with Crippen LogP contribution in [0.4, 0.5) is 4.39 Å². The van der Waals surface area contributed by atoms with Gasteiger partial charge in [-0.1, -0.05) is 0 Å². The second-order valence-electron chi connectivity index (χ2n) is 2.07. The number of hydrogen-bond donors (Lipinski definition) is 0. The van der Waals surface area contributed by atoms with Gasteiger partial charge in [0.15, 0.2) is 0 Å². The lowest BCUT2D eigenvalue weighted by atomic mass is 10.2. The third kappa shape index (κ3) is 2990. The Morgan fingerprint density at radius 3 is 1.20 bits per heavy atom. The first-order chi connectivity index (χ1) is 2.00. The molecular formula is C4H9F. The molecule has 0 nitrogen and oxygen atoms in total. The summed E-state index contributed by atoms with van der Waals surface area (Å²) >= 11 is 0. The van der Waals surface area contributed by atoms with Crippen LogP contribution < -0.4 is 0 Å². The van der Waals surface area contributed by atoms with E-state index < -0.39 is 5.67 Å². The number of rotatable bonds is 0. The summed E-state index contributed by atoms with van der Waals surface area (Å²) in [5.74, 6) is 0. The number of halogens is 1. The standard InChI is InChI=1S/C4H9F/c1-4(2,3)5/h1-3H3. The molecule has 0 heterocycles. The molecular weight excluding hydrogens is 67.0 g/mol. The van der Waals surface area contributed by atoms with E-state index in [0.29, 0.717) is 0 Å². The van der Waals surface area contributed by atoms with E-state index in [0.717, 1.165) is 0 Å². The fraction of sp³-hybridized carbons (Fsp3) is 1.00. The van der Waals surface area contributed by atoms with Crippen molar-refractivity contribution < 1.29 is 4.39 Å². The molecule has 5 heavy (non-hydrogen) atoms. The highest BCUT2D eigenvalue weighted by Crippen LogP contribution is 2.02. The van der Waals surface area contributed by atoms with E-state index in [1.807, 2.05) is 0 Å². The van der Waals surface area contributed by atoms with Gasteiger partial charge in [0.25, 0.3) is 0 Å². The summed E-state index contributed by atoms with van der Waals surface area (Å²) in [6, 6.07) is 0. The van der Waals surface area contributed by atoms with E-state index in [4.69, 9.17) is 0 Å². The van der Waals surface area contributed by atoms with E-state index in [9.17, 15) is 4.39 Å². The molecule has 0 radical (unpaired) electrons. The third-order valence-electron chi connectivity index (χ3n) is 0. The lowest BCUT2D eigenvalue weighted by Gasteiger charge is -1.99. The predicted molar refractivity (Wildman–Crippen MR) is 20.9 cm³/mol. The largest absolute Gasteiger partial charge is 0.245 e. The van der Waals surface area contributed by atoms with Crippen LogP contribution in [0.5, 0.6) is 0 Å². The monoisotopic (exact) mass is 76.1 g/mol. The fourth-order valence-corrected chi connectivity index (χ4v) is 0. The highest BCUT2D eigenvalue weighted by Gasteiger charge is 2.01. The van der Waals surface area contributed by atoms with Crippen molar-refractivity contribution >= 4 is 0 Å². The summed E-state index contributed by atoms with van der Waals surface area (Å²) in [6.07, 6.45) is 0. The molecule has 0 aromatic heterocycles. The molecule has 0 bridgehead atoms. The number of hydrogen-bond acceptors (Lipinski definition) is 0. The van der Waals surface area contributed by atoms with E-state index in [-0.39, 0.29) is 0 Å². The normalized spacial score (nSPS) is 12.0. The summed E-state index contributed by atoms with van der Waals surface area (Å²) in [5.41, 5.74) is -1.00. The van der Waals surface area contributed by atoms with Crippen molar-refractivity contribution in [3.8, 4) is 0 Å². The smallest absolute Gasteiger partial charge is 0.102 e. The fourth-order valence-electron chi connectivity index (χ4n) is 0. The molecule has 0 fully saturated rings. The maximum absolute atomic E-state index is 11.7. The van der Waals surface area contributed by atoms with Crippen LogP contribution in [0.2, 0.25) is 0 Å². The second kappa shape index (κ2) is 0.959. The lowest BCUT2D eigenvalue weighted by Crippen LogP contribution is -2.01. The zero-order chi connectivity index (χ0) is 4.50. The SMILES string of the molecule is CC(C)(C)F. The average Bonchev–Trinajstić information content (AvgIpc) is 0.722. The van der Waals surface area contributed by atoms with Crippen LogP contribution in [0, 0.1) is 0 Å². The summed E-state index contributed by atoms with van der Waals surface area (Å²) in [4.78, 5) is 0. The van der Waals surface area contributed by atoms with Crippen molar-refractivity contribution in [2.75, 3.05) is 0 Å². The van der Waals surface area contributed by atoms with Gasteiger partial charge >= 0.3 is 0 Å². The molecule has 0 amide bonds. The minimum Gasteiger partial charge on any atom is -0.245 e. The Bertz CT molecular complexity index is 19.1. The summed E-state index contributed by atoms with van der Waals surface area (Å²) in [7, 11) is 0. The molecule has 0 saturated carbocycles. The Morgan fingerprint density at radius 2 is 1.20 bits per heavy atom. The topological polar surface area (TPSA) is 0 Å². The predicted octanol–water partition coefficient (Wildman–Crippen LogP) is 1.75. The maximum atomic E-state index is 11.7. The molecule has 0 aliphatic heterocycles. The second-order valence-corrected chi connectivity index (χ2v) is 2.07. The highest BCUT2D eigenvalue weighted by molar-refractivity contribution is 4.52. The molecule has 0 aliphatic rings. The van der Waals surface area contributed by atoms with Gasteiger partial charge in [-0.3, -0.25) is 0 Å². The van der Waals surface area contributed by atoms with Gasteiger partial charge in [0.1, 0.15) is 5.67 Å².